The van der Waals surface area contributed by atoms with Crippen LogP contribution in [0.3, 0.4) is 0 Å². The van der Waals surface area contributed by atoms with Gasteiger partial charge in [-0.2, -0.15) is 0 Å². The van der Waals surface area contributed by atoms with Crippen LogP contribution < -0.4 is 4.74 Å². The SMILES string of the molecule is COc1ccc(CC(=O)N2CCN(C(=O)C3CC3)CC2)cc1Cl. The fourth-order valence-corrected chi connectivity index (χ4v) is 3.15. The molecule has 0 aromatic heterocycles. The second-order valence-electron chi connectivity index (χ2n) is 6.13. The second-order valence-corrected chi connectivity index (χ2v) is 6.53. The highest BCUT2D eigenvalue weighted by Crippen LogP contribution is 2.31. The summed E-state index contributed by atoms with van der Waals surface area (Å²) in [5.41, 5.74) is 0.872. The van der Waals surface area contributed by atoms with E-state index in [0.717, 1.165) is 18.4 Å². The molecule has 1 heterocycles. The van der Waals surface area contributed by atoms with E-state index in [2.05, 4.69) is 0 Å². The lowest BCUT2D eigenvalue weighted by Crippen LogP contribution is -2.51. The van der Waals surface area contributed by atoms with Crippen molar-refractivity contribution in [3.8, 4) is 5.75 Å². The summed E-state index contributed by atoms with van der Waals surface area (Å²) in [5, 5.41) is 0.512. The molecule has 1 aromatic rings. The van der Waals surface area contributed by atoms with Crippen LogP contribution in [0.1, 0.15) is 18.4 Å². The van der Waals surface area contributed by atoms with Gasteiger partial charge in [0, 0.05) is 32.1 Å². The van der Waals surface area contributed by atoms with Crippen LogP contribution in [0.4, 0.5) is 0 Å². The van der Waals surface area contributed by atoms with Crippen LogP contribution in [-0.4, -0.2) is 54.9 Å². The number of carbonyl (C=O) groups excluding carboxylic acids is 2. The monoisotopic (exact) mass is 336 g/mol. The molecule has 3 rings (SSSR count). The Kier molecular flexibility index (Phi) is 4.76. The molecule has 0 atom stereocenters. The Balaban J connectivity index is 1.53. The minimum absolute atomic E-state index is 0.0738. The van der Waals surface area contributed by atoms with Crippen molar-refractivity contribution in [3.05, 3.63) is 28.8 Å². The van der Waals surface area contributed by atoms with Gasteiger partial charge in [-0.15, -0.1) is 0 Å². The third kappa shape index (κ3) is 3.78. The van der Waals surface area contributed by atoms with E-state index in [-0.39, 0.29) is 17.7 Å². The normalized spacial score (nSPS) is 18.0. The zero-order valence-electron chi connectivity index (χ0n) is 13.3. The average molecular weight is 337 g/mol. The van der Waals surface area contributed by atoms with Crippen LogP contribution in [0.2, 0.25) is 5.02 Å². The molecule has 1 aliphatic heterocycles. The fraction of sp³-hybridized carbons (Fsp3) is 0.529. The molecule has 2 amide bonds. The van der Waals surface area contributed by atoms with Crippen LogP contribution in [0.5, 0.6) is 5.75 Å². The van der Waals surface area contributed by atoms with E-state index >= 15 is 0 Å². The number of ether oxygens (including phenoxy) is 1. The van der Waals surface area contributed by atoms with E-state index in [1.165, 1.54) is 0 Å². The van der Waals surface area contributed by atoms with Gasteiger partial charge in [-0.25, -0.2) is 0 Å². The molecule has 0 N–H and O–H groups in total. The maximum atomic E-state index is 12.4. The van der Waals surface area contributed by atoms with Crippen LogP contribution in [0.25, 0.3) is 0 Å². The Morgan fingerprint density at radius 1 is 1.17 bits per heavy atom. The third-order valence-corrected chi connectivity index (χ3v) is 4.74. The van der Waals surface area contributed by atoms with Crippen LogP contribution in [0.15, 0.2) is 18.2 Å². The number of hydrogen-bond acceptors (Lipinski definition) is 3. The van der Waals surface area contributed by atoms with Crippen molar-refractivity contribution in [1.29, 1.82) is 0 Å². The van der Waals surface area contributed by atoms with Crippen molar-refractivity contribution in [2.24, 2.45) is 5.92 Å². The molecule has 0 unspecified atom stereocenters. The highest BCUT2D eigenvalue weighted by Gasteiger charge is 2.35. The number of piperazine rings is 1. The molecule has 1 aromatic carbocycles. The minimum Gasteiger partial charge on any atom is -0.495 e. The number of hydrogen-bond donors (Lipinski definition) is 0. The van der Waals surface area contributed by atoms with E-state index in [9.17, 15) is 9.59 Å². The van der Waals surface area contributed by atoms with E-state index in [1.54, 1.807) is 19.2 Å². The topological polar surface area (TPSA) is 49.9 Å². The van der Waals surface area contributed by atoms with Crippen LogP contribution >= 0.6 is 11.6 Å². The molecule has 5 nitrogen and oxygen atoms in total. The van der Waals surface area contributed by atoms with Gasteiger partial charge in [-0.1, -0.05) is 17.7 Å². The first-order valence-electron chi connectivity index (χ1n) is 7.97. The van der Waals surface area contributed by atoms with Gasteiger partial charge in [0.05, 0.1) is 18.6 Å². The maximum Gasteiger partial charge on any atom is 0.227 e. The van der Waals surface area contributed by atoms with Crippen molar-refractivity contribution in [3.63, 3.8) is 0 Å². The highest BCUT2D eigenvalue weighted by molar-refractivity contribution is 6.32. The molecule has 1 saturated heterocycles. The smallest absolute Gasteiger partial charge is 0.227 e. The molecule has 1 aliphatic carbocycles. The summed E-state index contributed by atoms with van der Waals surface area (Å²) in [7, 11) is 1.56. The third-order valence-electron chi connectivity index (χ3n) is 4.44. The molecule has 0 bridgehead atoms. The van der Waals surface area contributed by atoms with E-state index in [4.69, 9.17) is 16.3 Å². The average Bonchev–Trinajstić information content (AvgIpc) is 3.39. The molecule has 6 heteroatoms. The summed E-state index contributed by atoms with van der Waals surface area (Å²) in [4.78, 5) is 28.1. The first-order chi connectivity index (χ1) is 11.1. The molecular formula is C17H21ClN2O3. The van der Waals surface area contributed by atoms with Gasteiger partial charge in [0.1, 0.15) is 5.75 Å². The number of methoxy groups -OCH3 is 1. The van der Waals surface area contributed by atoms with E-state index < -0.39 is 0 Å². The van der Waals surface area contributed by atoms with Gasteiger partial charge in [0.2, 0.25) is 11.8 Å². The molecule has 1 saturated carbocycles. The Hall–Kier alpha value is -1.75. The maximum absolute atomic E-state index is 12.4. The first-order valence-corrected chi connectivity index (χ1v) is 8.35. The van der Waals surface area contributed by atoms with Crippen LogP contribution in [-0.2, 0) is 16.0 Å². The number of amides is 2. The van der Waals surface area contributed by atoms with Gasteiger partial charge in [0.25, 0.3) is 0 Å². The number of nitrogens with zero attached hydrogens (tertiary/aromatic N) is 2. The van der Waals surface area contributed by atoms with Gasteiger partial charge in [0.15, 0.2) is 0 Å². The minimum atomic E-state index is 0.0738. The predicted octanol–water partition coefficient (Wildman–Crippen LogP) is 1.97. The van der Waals surface area contributed by atoms with Crippen molar-refractivity contribution in [1.82, 2.24) is 9.80 Å². The van der Waals surface area contributed by atoms with Gasteiger partial charge >= 0.3 is 0 Å². The molecule has 2 aliphatic rings. The number of halogens is 1. The Morgan fingerprint density at radius 2 is 1.83 bits per heavy atom. The summed E-state index contributed by atoms with van der Waals surface area (Å²) in [6, 6.07) is 5.40. The summed E-state index contributed by atoms with van der Waals surface area (Å²) in [6.07, 6.45) is 2.37. The second kappa shape index (κ2) is 6.79. The number of benzene rings is 1. The van der Waals surface area contributed by atoms with Gasteiger partial charge < -0.3 is 14.5 Å². The molecule has 0 spiro atoms. The number of rotatable bonds is 4. The lowest BCUT2D eigenvalue weighted by molar-refractivity contribution is -0.140. The molecule has 124 valence electrons. The summed E-state index contributed by atoms with van der Waals surface area (Å²) in [6.45, 7) is 2.51. The van der Waals surface area contributed by atoms with Crippen LogP contribution in [0, 0.1) is 5.92 Å². The zero-order valence-corrected chi connectivity index (χ0v) is 14.0. The molecule has 23 heavy (non-hydrogen) atoms. The Bertz CT molecular complexity index is 608. The Morgan fingerprint density at radius 3 is 2.39 bits per heavy atom. The quantitative estimate of drug-likeness (QED) is 0.844. The summed E-state index contributed by atoms with van der Waals surface area (Å²) >= 11 is 6.09. The molecule has 2 fully saturated rings. The van der Waals surface area contributed by atoms with Gasteiger partial charge in [-0.3, -0.25) is 9.59 Å². The molecular weight excluding hydrogens is 316 g/mol. The standard InChI is InChI=1S/C17H21ClN2O3/c1-23-15-5-2-12(10-14(15)18)11-16(21)19-6-8-20(9-7-19)17(22)13-3-4-13/h2,5,10,13H,3-4,6-9,11H2,1H3. The highest BCUT2D eigenvalue weighted by atomic mass is 35.5. The lowest BCUT2D eigenvalue weighted by atomic mass is 10.1. The van der Waals surface area contributed by atoms with E-state index in [0.29, 0.717) is 43.4 Å². The molecule has 0 radical (unpaired) electrons. The van der Waals surface area contributed by atoms with Crippen molar-refractivity contribution in [2.75, 3.05) is 33.3 Å². The zero-order chi connectivity index (χ0) is 16.4. The van der Waals surface area contributed by atoms with Crippen molar-refractivity contribution >= 4 is 23.4 Å². The van der Waals surface area contributed by atoms with Gasteiger partial charge in [-0.05, 0) is 30.5 Å². The fourth-order valence-electron chi connectivity index (χ4n) is 2.87. The largest absolute Gasteiger partial charge is 0.495 e. The lowest BCUT2D eigenvalue weighted by Gasteiger charge is -2.35. The van der Waals surface area contributed by atoms with Crippen molar-refractivity contribution in [2.45, 2.75) is 19.3 Å². The van der Waals surface area contributed by atoms with Crippen molar-refractivity contribution < 1.29 is 14.3 Å². The summed E-state index contributed by atoms with van der Waals surface area (Å²) in [5.74, 6) is 1.19. The Labute approximate surface area is 141 Å². The number of carbonyl (C=O) groups is 2. The first kappa shape index (κ1) is 16.1. The van der Waals surface area contributed by atoms with E-state index in [1.807, 2.05) is 15.9 Å². The summed E-state index contributed by atoms with van der Waals surface area (Å²) < 4.78 is 5.12. The predicted molar refractivity (Wildman–Crippen MR) is 87.6 cm³/mol.